The van der Waals surface area contributed by atoms with Crippen LogP contribution in [-0.4, -0.2) is 69.5 Å². The molecule has 0 aromatic heterocycles. The highest BCUT2D eigenvalue weighted by atomic mass is 19.1. The molecule has 1 amide bonds. The van der Waals surface area contributed by atoms with Gasteiger partial charge in [0.15, 0.2) is 11.6 Å². The molecule has 1 aromatic carbocycles. The van der Waals surface area contributed by atoms with Gasteiger partial charge in [-0.2, -0.15) is 0 Å². The molecule has 2 heterocycles. The zero-order valence-electron chi connectivity index (χ0n) is 15.0. The fourth-order valence-corrected chi connectivity index (χ4v) is 3.48. The summed E-state index contributed by atoms with van der Waals surface area (Å²) in [6.07, 6.45) is 1.22. The molecule has 1 N–H and O–H groups in total. The molecular formula is C19H27FN2O4. The minimum Gasteiger partial charge on any atom is -0.490 e. The Balaban J connectivity index is 1.43. The molecular weight excluding hydrogens is 339 g/mol. The zero-order chi connectivity index (χ0) is 18.2. The van der Waals surface area contributed by atoms with Crippen LogP contribution >= 0.6 is 0 Å². The molecule has 2 unspecified atom stereocenters. The van der Waals surface area contributed by atoms with Crippen molar-refractivity contribution < 1.29 is 23.4 Å². The van der Waals surface area contributed by atoms with Gasteiger partial charge in [-0.15, -0.1) is 0 Å². The molecule has 2 fully saturated rings. The molecule has 2 saturated heterocycles. The van der Waals surface area contributed by atoms with Crippen LogP contribution in [0.15, 0.2) is 24.3 Å². The first-order chi connectivity index (χ1) is 12.7. The average molecular weight is 366 g/mol. The number of amides is 1. The van der Waals surface area contributed by atoms with E-state index in [2.05, 4.69) is 10.2 Å². The average Bonchev–Trinajstić information content (AvgIpc) is 3.19. The Kier molecular flexibility index (Phi) is 7.22. The van der Waals surface area contributed by atoms with Crippen LogP contribution in [0, 0.1) is 11.7 Å². The van der Waals surface area contributed by atoms with E-state index in [1.54, 1.807) is 18.2 Å². The van der Waals surface area contributed by atoms with Crippen LogP contribution < -0.4 is 10.1 Å². The fraction of sp³-hybridized carbons (Fsp3) is 0.632. The number of nitrogens with one attached hydrogen (secondary N) is 1. The minimum atomic E-state index is -0.415. The van der Waals surface area contributed by atoms with Crippen molar-refractivity contribution in [2.75, 3.05) is 52.7 Å². The number of hydrogen-bond acceptors (Lipinski definition) is 5. The number of ether oxygens (including phenoxy) is 3. The summed E-state index contributed by atoms with van der Waals surface area (Å²) >= 11 is 0. The Hall–Kier alpha value is -1.70. The van der Waals surface area contributed by atoms with Crippen LogP contribution in [0.25, 0.3) is 0 Å². The molecule has 144 valence electrons. The maximum Gasteiger partial charge on any atom is 0.223 e. The predicted octanol–water partition coefficient (Wildman–Crippen LogP) is 1.45. The molecule has 7 heteroatoms. The zero-order valence-corrected chi connectivity index (χ0v) is 15.0. The van der Waals surface area contributed by atoms with Crippen molar-refractivity contribution >= 4 is 5.91 Å². The molecule has 0 bridgehead atoms. The van der Waals surface area contributed by atoms with Crippen LogP contribution in [0.4, 0.5) is 4.39 Å². The molecule has 2 atom stereocenters. The highest BCUT2D eigenvalue weighted by molar-refractivity contribution is 5.76. The highest BCUT2D eigenvalue weighted by Crippen LogP contribution is 2.22. The predicted molar refractivity (Wildman–Crippen MR) is 94.6 cm³/mol. The summed E-state index contributed by atoms with van der Waals surface area (Å²) in [7, 11) is 0. The smallest absolute Gasteiger partial charge is 0.223 e. The first-order valence-electron chi connectivity index (χ1n) is 9.27. The third-order valence-electron chi connectivity index (χ3n) is 4.96. The van der Waals surface area contributed by atoms with Gasteiger partial charge in [0, 0.05) is 38.2 Å². The number of nitrogens with zero attached hydrogens (tertiary/aromatic N) is 1. The van der Waals surface area contributed by atoms with Crippen molar-refractivity contribution in [1.29, 1.82) is 0 Å². The number of carbonyl (C=O) groups excluding carboxylic acids is 1. The van der Waals surface area contributed by atoms with E-state index in [0.717, 1.165) is 45.9 Å². The highest BCUT2D eigenvalue weighted by Gasteiger charge is 2.31. The summed E-state index contributed by atoms with van der Waals surface area (Å²) in [4.78, 5) is 14.5. The second kappa shape index (κ2) is 9.85. The lowest BCUT2D eigenvalue weighted by Gasteiger charge is -2.37. The summed E-state index contributed by atoms with van der Waals surface area (Å²) in [5, 5.41) is 3.01. The number of para-hydroxylation sites is 1. The lowest BCUT2D eigenvalue weighted by Crippen LogP contribution is -2.52. The Morgan fingerprint density at radius 1 is 1.27 bits per heavy atom. The molecule has 6 nitrogen and oxygen atoms in total. The van der Waals surface area contributed by atoms with Gasteiger partial charge in [-0.25, -0.2) is 4.39 Å². The van der Waals surface area contributed by atoms with Gasteiger partial charge in [-0.3, -0.25) is 9.69 Å². The second-order valence-corrected chi connectivity index (χ2v) is 6.67. The fourth-order valence-electron chi connectivity index (χ4n) is 3.48. The maximum absolute atomic E-state index is 13.5. The van der Waals surface area contributed by atoms with Crippen molar-refractivity contribution in [3.05, 3.63) is 30.1 Å². The number of hydrogen-bond donors (Lipinski definition) is 1. The van der Waals surface area contributed by atoms with Gasteiger partial charge in [-0.05, 0) is 18.6 Å². The molecule has 3 rings (SSSR count). The summed E-state index contributed by atoms with van der Waals surface area (Å²) in [6.45, 7) is 5.50. The molecule has 0 aliphatic carbocycles. The quantitative estimate of drug-likeness (QED) is 0.755. The van der Waals surface area contributed by atoms with E-state index in [-0.39, 0.29) is 30.7 Å². The molecule has 0 radical (unpaired) electrons. The van der Waals surface area contributed by atoms with E-state index in [4.69, 9.17) is 14.2 Å². The second-order valence-electron chi connectivity index (χ2n) is 6.67. The van der Waals surface area contributed by atoms with E-state index >= 15 is 0 Å². The van der Waals surface area contributed by atoms with Crippen molar-refractivity contribution in [2.24, 2.45) is 5.92 Å². The molecule has 1 aromatic rings. The van der Waals surface area contributed by atoms with E-state index in [9.17, 15) is 9.18 Å². The Labute approximate surface area is 153 Å². The van der Waals surface area contributed by atoms with Crippen LogP contribution in [0.2, 0.25) is 0 Å². The van der Waals surface area contributed by atoms with Crippen molar-refractivity contribution in [3.63, 3.8) is 0 Å². The van der Waals surface area contributed by atoms with Crippen LogP contribution in [0.5, 0.6) is 5.75 Å². The van der Waals surface area contributed by atoms with Gasteiger partial charge in [-0.1, -0.05) is 12.1 Å². The summed E-state index contributed by atoms with van der Waals surface area (Å²) in [5.41, 5.74) is 0. The van der Waals surface area contributed by atoms with Gasteiger partial charge in [0.25, 0.3) is 0 Å². The largest absolute Gasteiger partial charge is 0.490 e. The van der Waals surface area contributed by atoms with Crippen molar-refractivity contribution in [2.45, 2.75) is 18.9 Å². The maximum atomic E-state index is 13.5. The Bertz CT molecular complexity index is 574. The SMILES string of the molecule is O=C(CCOc1ccccc1F)NCC(C1CCOC1)N1CCOCC1. The third kappa shape index (κ3) is 5.40. The normalized spacial score (nSPS) is 22.1. The lowest BCUT2D eigenvalue weighted by atomic mass is 9.97. The monoisotopic (exact) mass is 366 g/mol. The van der Waals surface area contributed by atoms with Crippen molar-refractivity contribution in [3.8, 4) is 5.75 Å². The summed E-state index contributed by atoms with van der Waals surface area (Å²) in [6, 6.07) is 6.47. The molecule has 26 heavy (non-hydrogen) atoms. The lowest BCUT2D eigenvalue weighted by molar-refractivity contribution is -0.122. The van der Waals surface area contributed by atoms with Gasteiger partial charge in [0.2, 0.25) is 5.91 Å². The third-order valence-corrected chi connectivity index (χ3v) is 4.96. The van der Waals surface area contributed by atoms with Crippen LogP contribution in [0.1, 0.15) is 12.8 Å². The number of morpholine rings is 1. The standard InChI is InChI=1S/C19H27FN2O4/c20-16-3-1-2-4-18(16)26-10-6-19(23)21-13-17(15-5-9-25-14-15)22-7-11-24-12-8-22/h1-4,15,17H,5-14H2,(H,21,23). The van der Waals surface area contributed by atoms with Crippen molar-refractivity contribution in [1.82, 2.24) is 10.2 Å². The first kappa shape index (κ1) is 19.1. The van der Waals surface area contributed by atoms with Gasteiger partial charge in [0.05, 0.1) is 32.8 Å². The number of carbonyl (C=O) groups is 1. The Morgan fingerprint density at radius 3 is 2.81 bits per heavy atom. The van der Waals surface area contributed by atoms with E-state index in [1.807, 2.05) is 0 Å². The summed E-state index contributed by atoms with van der Waals surface area (Å²) < 4.78 is 29.8. The minimum absolute atomic E-state index is 0.0847. The topological polar surface area (TPSA) is 60.0 Å². The van der Waals surface area contributed by atoms with E-state index in [0.29, 0.717) is 12.5 Å². The number of halogens is 1. The Morgan fingerprint density at radius 2 is 2.08 bits per heavy atom. The van der Waals surface area contributed by atoms with E-state index < -0.39 is 5.82 Å². The van der Waals surface area contributed by atoms with Gasteiger partial charge >= 0.3 is 0 Å². The van der Waals surface area contributed by atoms with Gasteiger partial charge < -0.3 is 19.5 Å². The van der Waals surface area contributed by atoms with Crippen LogP contribution in [0.3, 0.4) is 0 Å². The van der Waals surface area contributed by atoms with Crippen LogP contribution in [-0.2, 0) is 14.3 Å². The molecule has 2 aliphatic heterocycles. The number of benzene rings is 1. The first-order valence-corrected chi connectivity index (χ1v) is 9.27. The number of rotatable bonds is 8. The summed E-state index contributed by atoms with van der Waals surface area (Å²) in [5.74, 6) is 0.109. The van der Waals surface area contributed by atoms with E-state index in [1.165, 1.54) is 6.07 Å². The van der Waals surface area contributed by atoms with Gasteiger partial charge in [0.1, 0.15) is 0 Å². The molecule has 0 spiro atoms. The molecule has 0 saturated carbocycles. The molecule has 2 aliphatic rings.